The van der Waals surface area contributed by atoms with E-state index in [0.717, 1.165) is 11.6 Å². The number of nitrogens with zero attached hydrogens (tertiary/aromatic N) is 1. The third kappa shape index (κ3) is 2.86. The second kappa shape index (κ2) is 5.58. The molecule has 2 unspecified atom stereocenters. The zero-order chi connectivity index (χ0) is 13.3. The van der Waals surface area contributed by atoms with Crippen molar-refractivity contribution in [3.8, 4) is 0 Å². The largest absolute Gasteiger partial charge is 0.399 e. The summed E-state index contributed by atoms with van der Waals surface area (Å²) >= 11 is 12.6. The lowest BCUT2D eigenvalue weighted by Gasteiger charge is -2.36. The van der Waals surface area contributed by atoms with Crippen LogP contribution in [-0.4, -0.2) is 13.1 Å². The summed E-state index contributed by atoms with van der Waals surface area (Å²) in [5.74, 6) is 0.775. The number of hydrogen-bond donors (Lipinski definition) is 1. The molecule has 1 aromatic rings. The van der Waals surface area contributed by atoms with Crippen molar-refractivity contribution in [2.24, 2.45) is 5.92 Å². The fourth-order valence-electron chi connectivity index (χ4n) is 2.86. The molecule has 2 atom stereocenters. The van der Waals surface area contributed by atoms with Gasteiger partial charge in [0.15, 0.2) is 0 Å². The van der Waals surface area contributed by atoms with Gasteiger partial charge in [0.1, 0.15) is 0 Å². The van der Waals surface area contributed by atoms with Gasteiger partial charge in [0, 0.05) is 18.8 Å². The molecule has 0 radical (unpaired) electrons. The highest BCUT2D eigenvalue weighted by atomic mass is 35.5. The van der Waals surface area contributed by atoms with Crippen LogP contribution in [0.2, 0.25) is 10.0 Å². The van der Waals surface area contributed by atoms with Gasteiger partial charge in [-0.15, -0.1) is 0 Å². The first-order chi connectivity index (χ1) is 8.49. The maximum atomic E-state index is 6.28. The van der Waals surface area contributed by atoms with Crippen LogP contribution in [0.1, 0.15) is 32.6 Å². The Balaban J connectivity index is 2.25. The fraction of sp³-hybridized carbons (Fsp3) is 0.571. The third-order valence-electron chi connectivity index (χ3n) is 3.85. The van der Waals surface area contributed by atoms with E-state index >= 15 is 0 Å². The minimum Gasteiger partial charge on any atom is -0.399 e. The summed E-state index contributed by atoms with van der Waals surface area (Å²) in [5.41, 5.74) is 7.26. The highest BCUT2D eigenvalue weighted by Gasteiger charge is 2.25. The highest BCUT2D eigenvalue weighted by molar-refractivity contribution is 6.39. The van der Waals surface area contributed by atoms with Gasteiger partial charge < -0.3 is 10.6 Å². The van der Waals surface area contributed by atoms with Crippen LogP contribution < -0.4 is 10.6 Å². The number of rotatable bonds is 2. The van der Waals surface area contributed by atoms with Gasteiger partial charge in [-0.2, -0.15) is 0 Å². The van der Waals surface area contributed by atoms with Crippen LogP contribution in [0, 0.1) is 5.92 Å². The number of anilines is 2. The van der Waals surface area contributed by atoms with Gasteiger partial charge >= 0.3 is 0 Å². The minimum absolute atomic E-state index is 0.521. The summed E-state index contributed by atoms with van der Waals surface area (Å²) in [7, 11) is 2.08. The van der Waals surface area contributed by atoms with E-state index < -0.39 is 0 Å². The van der Waals surface area contributed by atoms with Crippen molar-refractivity contribution < 1.29 is 0 Å². The van der Waals surface area contributed by atoms with Crippen LogP contribution in [0.15, 0.2) is 12.1 Å². The Morgan fingerprint density at radius 2 is 1.83 bits per heavy atom. The predicted octanol–water partition coefficient (Wildman–Crippen LogP) is 4.59. The zero-order valence-electron chi connectivity index (χ0n) is 10.9. The van der Waals surface area contributed by atoms with Gasteiger partial charge in [-0.1, -0.05) is 43.0 Å². The van der Waals surface area contributed by atoms with Crippen molar-refractivity contribution in [1.29, 1.82) is 0 Å². The van der Waals surface area contributed by atoms with Crippen LogP contribution in [0.3, 0.4) is 0 Å². The fourth-order valence-corrected chi connectivity index (χ4v) is 3.63. The number of nitrogen functional groups attached to an aromatic ring is 1. The van der Waals surface area contributed by atoms with Crippen LogP contribution in [0.25, 0.3) is 0 Å². The summed E-state index contributed by atoms with van der Waals surface area (Å²) in [6.45, 7) is 2.31. The van der Waals surface area contributed by atoms with Crippen molar-refractivity contribution in [1.82, 2.24) is 0 Å². The van der Waals surface area contributed by atoms with E-state index in [2.05, 4.69) is 18.9 Å². The molecule has 0 aromatic heterocycles. The van der Waals surface area contributed by atoms with E-state index in [1.165, 1.54) is 25.7 Å². The Morgan fingerprint density at radius 3 is 2.39 bits per heavy atom. The summed E-state index contributed by atoms with van der Waals surface area (Å²) in [6.07, 6.45) is 5.01. The van der Waals surface area contributed by atoms with Gasteiger partial charge in [0.25, 0.3) is 0 Å². The normalized spacial score (nSPS) is 24.0. The molecular weight excluding hydrogens is 267 g/mol. The Kier molecular flexibility index (Phi) is 4.29. The monoisotopic (exact) mass is 286 g/mol. The predicted molar refractivity (Wildman–Crippen MR) is 80.7 cm³/mol. The standard InChI is InChI=1S/C14H20Cl2N2/c1-9-4-3-5-11(6-9)18(2)14-12(15)7-10(17)8-13(14)16/h7-9,11H,3-6,17H2,1-2H3. The highest BCUT2D eigenvalue weighted by Crippen LogP contribution is 2.39. The smallest absolute Gasteiger partial charge is 0.0746 e. The first-order valence-electron chi connectivity index (χ1n) is 6.46. The molecule has 0 aliphatic heterocycles. The Labute approximate surface area is 119 Å². The quantitative estimate of drug-likeness (QED) is 0.806. The molecule has 0 spiro atoms. The molecule has 1 aliphatic carbocycles. The molecule has 1 saturated carbocycles. The first-order valence-corrected chi connectivity index (χ1v) is 7.22. The Morgan fingerprint density at radius 1 is 1.22 bits per heavy atom. The number of nitrogens with two attached hydrogens (primary N) is 1. The van der Waals surface area contributed by atoms with Crippen LogP contribution in [0.4, 0.5) is 11.4 Å². The average Bonchev–Trinajstić information content (AvgIpc) is 2.27. The zero-order valence-corrected chi connectivity index (χ0v) is 12.4. The molecule has 100 valence electrons. The molecule has 4 heteroatoms. The molecule has 2 nitrogen and oxygen atoms in total. The van der Waals surface area contributed by atoms with Crippen molar-refractivity contribution >= 4 is 34.6 Å². The molecule has 0 amide bonds. The lowest BCUT2D eigenvalue weighted by molar-refractivity contribution is 0.336. The second-order valence-electron chi connectivity index (χ2n) is 5.37. The molecular formula is C14H20Cl2N2. The van der Waals surface area contributed by atoms with E-state index in [9.17, 15) is 0 Å². The summed E-state index contributed by atoms with van der Waals surface area (Å²) < 4.78 is 0. The SMILES string of the molecule is CC1CCCC(N(C)c2c(Cl)cc(N)cc2Cl)C1. The van der Waals surface area contributed by atoms with Crippen LogP contribution >= 0.6 is 23.2 Å². The number of halogens is 2. The molecule has 1 aliphatic rings. The molecule has 1 aromatic carbocycles. The average molecular weight is 287 g/mol. The van der Waals surface area contributed by atoms with Crippen molar-refractivity contribution in [2.75, 3.05) is 17.7 Å². The van der Waals surface area contributed by atoms with Gasteiger partial charge in [0.05, 0.1) is 15.7 Å². The van der Waals surface area contributed by atoms with Gasteiger partial charge in [-0.05, 0) is 30.9 Å². The molecule has 0 bridgehead atoms. The Hall–Kier alpha value is -0.600. The van der Waals surface area contributed by atoms with E-state index in [0.29, 0.717) is 21.8 Å². The van der Waals surface area contributed by atoms with Gasteiger partial charge in [-0.25, -0.2) is 0 Å². The topological polar surface area (TPSA) is 29.3 Å². The van der Waals surface area contributed by atoms with Gasteiger partial charge in [-0.3, -0.25) is 0 Å². The van der Waals surface area contributed by atoms with Gasteiger partial charge in [0.2, 0.25) is 0 Å². The third-order valence-corrected chi connectivity index (χ3v) is 4.42. The maximum absolute atomic E-state index is 6.28. The molecule has 0 heterocycles. The number of hydrogen-bond acceptors (Lipinski definition) is 2. The van der Waals surface area contributed by atoms with E-state index in [4.69, 9.17) is 28.9 Å². The molecule has 0 saturated heterocycles. The summed E-state index contributed by atoms with van der Waals surface area (Å²) in [6, 6.07) is 4.06. The lowest BCUT2D eigenvalue weighted by Crippen LogP contribution is -2.35. The molecule has 2 rings (SSSR count). The van der Waals surface area contributed by atoms with Crippen molar-refractivity contribution in [2.45, 2.75) is 38.6 Å². The van der Waals surface area contributed by atoms with E-state index in [-0.39, 0.29) is 0 Å². The Bertz CT molecular complexity index is 411. The summed E-state index contributed by atoms with van der Waals surface area (Å²) in [5, 5.41) is 1.28. The second-order valence-corrected chi connectivity index (χ2v) is 6.18. The minimum atomic E-state index is 0.521. The van der Waals surface area contributed by atoms with Crippen LogP contribution in [0.5, 0.6) is 0 Å². The maximum Gasteiger partial charge on any atom is 0.0746 e. The van der Waals surface area contributed by atoms with E-state index in [1.807, 2.05) is 0 Å². The molecule has 1 fully saturated rings. The van der Waals surface area contributed by atoms with Crippen LogP contribution in [-0.2, 0) is 0 Å². The lowest BCUT2D eigenvalue weighted by atomic mass is 9.86. The van der Waals surface area contributed by atoms with E-state index in [1.54, 1.807) is 12.1 Å². The van der Waals surface area contributed by atoms with Crippen molar-refractivity contribution in [3.05, 3.63) is 22.2 Å². The molecule has 18 heavy (non-hydrogen) atoms. The molecule has 2 N–H and O–H groups in total. The van der Waals surface area contributed by atoms with Crippen molar-refractivity contribution in [3.63, 3.8) is 0 Å². The first kappa shape index (κ1) is 13.8. The summed E-state index contributed by atoms with van der Waals surface area (Å²) in [4.78, 5) is 2.22. The number of benzene rings is 1.